The van der Waals surface area contributed by atoms with Crippen LogP contribution in [-0.4, -0.2) is 37.1 Å². The number of benzene rings is 1. The maximum atomic E-state index is 6.09. The van der Waals surface area contributed by atoms with Gasteiger partial charge in [-0.1, -0.05) is 24.3 Å². The minimum Gasteiger partial charge on any atom is -0.373 e. The van der Waals surface area contributed by atoms with Crippen molar-refractivity contribution in [2.75, 3.05) is 20.2 Å². The Kier molecular flexibility index (Phi) is 7.14. The van der Waals surface area contributed by atoms with Gasteiger partial charge in [0, 0.05) is 26.2 Å². The molecule has 23 heavy (non-hydrogen) atoms. The van der Waals surface area contributed by atoms with E-state index in [0.717, 1.165) is 26.0 Å². The highest BCUT2D eigenvalue weighted by Gasteiger charge is 2.27. The fraction of sp³-hybridized carbons (Fsp3) is 0.611. The zero-order valence-corrected chi connectivity index (χ0v) is 16.2. The third kappa shape index (κ3) is 5.08. The van der Waals surface area contributed by atoms with E-state index in [1.165, 1.54) is 36.8 Å². The van der Waals surface area contributed by atoms with E-state index in [2.05, 4.69) is 34.2 Å². The molecule has 2 N–H and O–H groups in total. The van der Waals surface area contributed by atoms with Crippen LogP contribution in [0.5, 0.6) is 0 Å². The molecular formula is C18H28IN3O. The second-order valence-electron chi connectivity index (χ2n) is 6.39. The molecule has 0 bridgehead atoms. The maximum Gasteiger partial charge on any atom is 0.191 e. The van der Waals surface area contributed by atoms with Crippen LogP contribution in [0, 0.1) is 0 Å². The first-order valence-electron chi connectivity index (χ1n) is 8.48. The van der Waals surface area contributed by atoms with E-state index < -0.39 is 0 Å². The Bertz CT molecular complexity index is 531. The molecule has 4 nitrogen and oxygen atoms in total. The molecule has 0 heterocycles. The summed E-state index contributed by atoms with van der Waals surface area (Å²) in [6.45, 7) is 1.50. The van der Waals surface area contributed by atoms with Crippen molar-refractivity contribution in [3.8, 4) is 0 Å². The Balaban J connectivity index is 0.00000192. The molecule has 3 rings (SSSR count). The number of nitrogens with zero attached hydrogens (tertiary/aromatic N) is 2. The Morgan fingerprint density at radius 1 is 1.30 bits per heavy atom. The van der Waals surface area contributed by atoms with Gasteiger partial charge >= 0.3 is 0 Å². The third-order valence-corrected chi connectivity index (χ3v) is 4.67. The van der Waals surface area contributed by atoms with Gasteiger partial charge in [0.1, 0.15) is 0 Å². The van der Waals surface area contributed by atoms with E-state index in [9.17, 15) is 0 Å². The zero-order chi connectivity index (χ0) is 15.4. The summed E-state index contributed by atoms with van der Waals surface area (Å²) in [6, 6.07) is 9.29. The van der Waals surface area contributed by atoms with Gasteiger partial charge in [-0.2, -0.15) is 0 Å². The van der Waals surface area contributed by atoms with Crippen LogP contribution in [-0.2, 0) is 11.2 Å². The van der Waals surface area contributed by atoms with Gasteiger partial charge in [0.25, 0.3) is 0 Å². The molecular weight excluding hydrogens is 401 g/mol. The Morgan fingerprint density at radius 2 is 2.09 bits per heavy atom. The zero-order valence-electron chi connectivity index (χ0n) is 13.9. The molecule has 1 aromatic carbocycles. The normalized spacial score (nSPS) is 20.6. The van der Waals surface area contributed by atoms with Crippen molar-refractivity contribution >= 4 is 29.9 Å². The number of nitrogens with two attached hydrogens (primary N) is 1. The molecule has 0 aliphatic heterocycles. The smallest absolute Gasteiger partial charge is 0.191 e. The summed E-state index contributed by atoms with van der Waals surface area (Å²) in [5, 5.41) is 0. The summed E-state index contributed by atoms with van der Waals surface area (Å²) in [4.78, 5) is 6.55. The molecule has 0 saturated heterocycles. The van der Waals surface area contributed by atoms with Crippen LogP contribution in [0.15, 0.2) is 29.3 Å². The van der Waals surface area contributed by atoms with Crippen LogP contribution >= 0.6 is 24.0 Å². The first kappa shape index (κ1) is 18.5. The van der Waals surface area contributed by atoms with E-state index in [4.69, 9.17) is 10.5 Å². The van der Waals surface area contributed by atoms with Crippen molar-refractivity contribution in [1.29, 1.82) is 0 Å². The fourth-order valence-electron chi connectivity index (χ4n) is 3.13. The number of ether oxygens (including phenoxy) is 1. The largest absolute Gasteiger partial charge is 0.373 e. The maximum absolute atomic E-state index is 6.09. The molecule has 1 fully saturated rings. The number of aryl methyl sites for hydroxylation is 1. The number of guanidine groups is 1. The molecule has 0 spiro atoms. The molecule has 1 saturated carbocycles. The van der Waals surface area contributed by atoms with Gasteiger partial charge in [0.15, 0.2) is 5.96 Å². The first-order valence-corrected chi connectivity index (χ1v) is 8.48. The lowest BCUT2D eigenvalue weighted by molar-refractivity contribution is 0.0402. The highest BCUT2D eigenvalue weighted by atomic mass is 127. The van der Waals surface area contributed by atoms with Gasteiger partial charge < -0.3 is 15.4 Å². The Morgan fingerprint density at radius 3 is 2.87 bits per heavy atom. The molecule has 0 radical (unpaired) electrons. The standard InChI is InChI=1S/C18H27N3O.HI/c1-21(15-10-11-15)18(19)20-12-5-13-22-17-9-4-7-14-6-2-3-8-16(14)17;/h2-3,6,8,15,17H,4-5,7,9-13H2,1H3,(H2,19,20);1H. The lowest BCUT2D eigenvalue weighted by Gasteiger charge is -2.25. The van der Waals surface area contributed by atoms with Crippen LogP contribution in [0.2, 0.25) is 0 Å². The van der Waals surface area contributed by atoms with Gasteiger partial charge in [0.2, 0.25) is 0 Å². The minimum absolute atomic E-state index is 0. The summed E-state index contributed by atoms with van der Waals surface area (Å²) < 4.78 is 6.09. The number of hydrogen-bond donors (Lipinski definition) is 1. The monoisotopic (exact) mass is 429 g/mol. The molecule has 5 heteroatoms. The lowest BCUT2D eigenvalue weighted by atomic mass is 9.89. The minimum atomic E-state index is 0. The van der Waals surface area contributed by atoms with Crippen LogP contribution in [0.3, 0.4) is 0 Å². The average molecular weight is 429 g/mol. The van der Waals surface area contributed by atoms with Crippen LogP contribution in [0.4, 0.5) is 0 Å². The van der Waals surface area contributed by atoms with Crippen LogP contribution in [0.25, 0.3) is 0 Å². The SMILES string of the molecule is CN(C(N)=NCCCOC1CCCc2ccccc21)C1CC1.I. The van der Waals surface area contributed by atoms with Crippen molar-refractivity contribution in [3.05, 3.63) is 35.4 Å². The van der Waals surface area contributed by atoms with Crippen molar-refractivity contribution in [1.82, 2.24) is 4.90 Å². The topological polar surface area (TPSA) is 50.8 Å². The van der Waals surface area contributed by atoms with E-state index in [-0.39, 0.29) is 30.1 Å². The predicted molar refractivity (Wildman–Crippen MR) is 105 cm³/mol. The van der Waals surface area contributed by atoms with Gasteiger partial charge in [-0.15, -0.1) is 24.0 Å². The molecule has 1 atom stereocenters. The van der Waals surface area contributed by atoms with Crippen LogP contribution < -0.4 is 5.73 Å². The molecule has 2 aliphatic carbocycles. The summed E-state index contributed by atoms with van der Waals surface area (Å²) in [5.74, 6) is 0.672. The van der Waals surface area contributed by atoms with E-state index >= 15 is 0 Å². The predicted octanol–water partition coefficient (Wildman–Crippen LogP) is 3.50. The van der Waals surface area contributed by atoms with Crippen molar-refractivity contribution in [2.24, 2.45) is 10.7 Å². The summed E-state index contributed by atoms with van der Waals surface area (Å²) in [7, 11) is 2.03. The molecule has 1 aromatic rings. The lowest BCUT2D eigenvalue weighted by Crippen LogP contribution is -2.35. The summed E-state index contributed by atoms with van der Waals surface area (Å²) in [5.41, 5.74) is 8.81. The van der Waals surface area contributed by atoms with Crippen molar-refractivity contribution in [2.45, 2.75) is 50.7 Å². The molecule has 0 amide bonds. The highest BCUT2D eigenvalue weighted by molar-refractivity contribution is 14.0. The molecule has 0 aromatic heterocycles. The molecule has 128 valence electrons. The summed E-state index contributed by atoms with van der Waals surface area (Å²) in [6.07, 6.45) is 7.22. The summed E-state index contributed by atoms with van der Waals surface area (Å²) >= 11 is 0. The number of aliphatic imine (C=N–C) groups is 1. The Labute approximate surface area is 156 Å². The second-order valence-corrected chi connectivity index (χ2v) is 6.39. The number of fused-ring (bicyclic) bond motifs is 1. The van der Waals surface area contributed by atoms with Gasteiger partial charge in [-0.25, -0.2) is 0 Å². The highest BCUT2D eigenvalue weighted by Crippen LogP contribution is 2.32. The first-order chi connectivity index (χ1) is 10.8. The third-order valence-electron chi connectivity index (χ3n) is 4.67. The van der Waals surface area contributed by atoms with E-state index in [1.54, 1.807) is 0 Å². The average Bonchev–Trinajstić information content (AvgIpc) is 3.38. The fourth-order valence-corrected chi connectivity index (χ4v) is 3.13. The van der Waals surface area contributed by atoms with Gasteiger partial charge in [0.05, 0.1) is 6.10 Å². The number of rotatable bonds is 6. The number of hydrogen-bond acceptors (Lipinski definition) is 2. The van der Waals surface area contributed by atoms with Gasteiger partial charge in [-0.05, 0) is 49.7 Å². The van der Waals surface area contributed by atoms with Gasteiger partial charge in [-0.3, -0.25) is 4.99 Å². The number of halogens is 1. The van der Waals surface area contributed by atoms with Crippen molar-refractivity contribution < 1.29 is 4.74 Å². The van der Waals surface area contributed by atoms with Crippen LogP contribution in [0.1, 0.15) is 49.3 Å². The Hall–Kier alpha value is -0.820. The van der Waals surface area contributed by atoms with Crippen molar-refractivity contribution in [3.63, 3.8) is 0 Å². The van der Waals surface area contributed by atoms with E-state index in [1.807, 2.05) is 7.05 Å². The molecule has 2 aliphatic rings. The quantitative estimate of drug-likeness (QED) is 0.326. The van der Waals surface area contributed by atoms with E-state index in [0.29, 0.717) is 12.0 Å². The second kappa shape index (κ2) is 8.87. The molecule has 1 unspecified atom stereocenters.